The highest BCUT2D eigenvalue weighted by Crippen LogP contribution is 2.28. The summed E-state index contributed by atoms with van der Waals surface area (Å²) in [6, 6.07) is 11.1. The molecule has 0 aromatic heterocycles. The van der Waals surface area contributed by atoms with E-state index in [2.05, 4.69) is 0 Å². The van der Waals surface area contributed by atoms with Crippen LogP contribution in [0.15, 0.2) is 48.5 Å². The first-order valence-electron chi connectivity index (χ1n) is 7.37. The number of carbonyl (C=O) groups excluding carboxylic acids is 4. The summed E-state index contributed by atoms with van der Waals surface area (Å²) in [7, 11) is 0. The second-order valence-corrected chi connectivity index (χ2v) is 5.33. The van der Waals surface area contributed by atoms with Crippen molar-refractivity contribution >= 4 is 29.1 Å². The molecule has 25 heavy (non-hydrogen) atoms. The van der Waals surface area contributed by atoms with E-state index in [1.165, 1.54) is 18.2 Å². The monoisotopic (exact) mass is 341 g/mol. The molecule has 0 radical (unpaired) electrons. The number of amides is 1. The Hall–Kier alpha value is -3.35. The van der Waals surface area contributed by atoms with Crippen molar-refractivity contribution in [2.45, 2.75) is 0 Å². The van der Waals surface area contributed by atoms with Crippen LogP contribution >= 0.6 is 0 Å². The number of rotatable bonds is 5. The molecule has 0 N–H and O–H groups in total. The Kier molecular flexibility index (Phi) is 4.38. The van der Waals surface area contributed by atoms with Gasteiger partial charge in [0.25, 0.3) is 11.7 Å². The molecule has 1 amide bonds. The van der Waals surface area contributed by atoms with Crippen LogP contribution in [-0.2, 0) is 14.3 Å². The number of ketones is 2. The number of benzene rings is 2. The molecule has 0 saturated carbocycles. The highest BCUT2D eigenvalue weighted by molar-refractivity contribution is 6.52. The van der Waals surface area contributed by atoms with Crippen molar-refractivity contribution < 1.29 is 28.3 Å². The van der Waals surface area contributed by atoms with Gasteiger partial charge in [0.1, 0.15) is 12.4 Å². The molecule has 1 aliphatic rings. The number of Topliss-reactive ketones (excluding diaryl/α,β-unsaturated/α-hetero) is 2. The molecule has 7 heteroatoms. The third-order valence-corrected chi connectivity index (χ3v) is 3.70. The minimum atomic E-state index is -0.826. The van der Waals surface area contributed by atoms with Gasteiger partial charge in [0.2, 0.25) is 0 Å². The number of esters is 1. The number of hydrogen-bond acceptors (Lipinski definition) is 5. The fraction of sp³-hybridized carbons (Fsp3) is 0.111. The van der Waals surface area contributed by atoms with Crippen molar-refractivity contribution in [1.29, 1.82) is 0 Å². The number of carbonyl (C=O) groups is 4. The second-order valence-electron chi connectivity index (χ2n) is 5.33. The molecule has 6 nitrogen and oxygen atoms in total. The molecule has 1 aliphatic heterocycles. The molecule has 2 aromatic rings. The lowest BCUT2D eigenvalue weighted by molar-refractivity contribution is -0.141. The fourth-order valence-electron chi connectivity index (χ4n) is 2.45. The van der Waals surface area contributed by atoms with E-state index in [4.69, 9.17) is 4.74 Å². The number of ether oxygens (including phenoxy) is 1. The van der Waals surface area contributed by atoms with Crippen LogP contribution in [-0.4, -0.2) is 36.6 Å². The van der Waals surface area contributed by atoms with Crippen molar-refractivity contribution in [2.75, 3.05) is 18.1 Å². The molecule has 0 fully saturated rings. The van der Waals surface area contributed by atoms with Crippen LogP contribution in [0.3, 0.4) is 0 Å². The van der Waals surface area contributed by atoms with Gasteiger partial charge in [0.05, 0.1) is 11.3 Å². The van der Waals surface area contributed by atoms with Gasteiger partial charge < -0.3 is 4.74 Å². The molecular weight excluding hydrogens is 329 g/mol. The second kappa shape index (κ2) is 6.64. The van der Waals surface area contributed by atoms with Gasteiger partial charge in [-0.2, -0.15) is 0 Å². The Morgan fingerprint density at radius 3 is 2.40 bits per heavy atom. The maximum Gasteiger partial charge on any atom is 0.326 e. The van der Waals surface area contributed by atoms with Crippen molar-refractivity contribution in [2.24, 2.45) is 0 Å². The predicted octanol–water partition coefficient (Wildman–Crippen LogP) is 1.78. The Morgan fingerprint density at radius 1 is 1.00 bits per heavy atom. The molecule has 0 unspecified atom stereocenters. The Labute approximate surface area is 141 Å². The van der Waals surface area contributed by atoms with Crippen LogP contribution in [0.2, 0.25) is 0 Å². The smallest absolute Gasteiger partial charge is 0.326 e. The molecular formula is C18H12FNO5. The average Bonchev–Trinajstić information content (AvgIpc) is 2.85. The molecule has 3 rings (SSSR count). The van der Waals surface area contributed by atoms with Crippen LogP contribution in [0, 0.1) is 5.82 Å². The van der Waals surface area contributed by atoms with Crippen molar-refractivity contribution in [1.82, 2.24) is 0 Å². The zero-order valence-corrected chi connectivity index (χ0v) is 12.9. The first-order chi connectivity index (χ1) is 12.0. The predicted molar refractivity (Wildman–Crippen MR) is 84.8 cm³/mol. The van der Waals surface area contributed by atoms with E-state index in [1.807, 2.05) is 0 Å². The lowest BCUT2D eigenvalue weighted by Gasteiger charge is -2.15. The van der Waals surface area contributed by atoms with E-state index in [1.54, 1.807) is 18.2 Å². The van der Waals surface area contributed by atoms with Crippen LogP contribution in [0.1, 0.15) is 20.7 Å². The normalized spacial score (nSPS) is 12.9. The molecule has 126 valence electrons. The first kappa shape index (κ1) is 16.5. The van der Waals surface area contributed by atoms with Gasteiger partial charge in [0.15, 0.2) is 12.4 Å². The Balaban J connectivity index is 1.61. The maximum absolute atomic E-state index is 12.8. The number of para-hydroxylation sites is 1. The number of halogens is 1. The van der Waals surface area contributed by atoms with Crippen LogP contribution in [0.25, 0.3) is 0 Å². The van der Waals surface area contributed by atoms with Crippen molar-refractivity contribution in [3.8, 4) is 0 Å². The Morgan fingerprint density at radius 2 is 1.68 bits per heavy atom. The summed E-state index contributed by atoms with van der Waals surface area (Å²) >= 11 is 0. The van der Waals surface area contributed by atoms with E-state index in [0.717, 1.165) is 17.0 Å². The largest absolute Gasteiger partial charge is 0.456 e. The third kappa shape index (κ3) is 3.30. The standard InChI is InChI=1S/C18H12FNO5/c19-12-7-5-11(6-8-12)15(21)10-25-16(22)9-20-14-4-2-1-3-13(14)17(23)18(20)24/h1-8H,9-10H2. The number of nitrogens with zero attached hydrogens (tertiary/aromatic N) is 1. The minimum absolute atomic E-state index is 0.201. The summed E-state index contributed by atoms with van der Waals surface area (Å²) in [5.41, 5.74) is 0.758. The molecule has 0 atom stereocenters. The number of fused-ring (bicyclic) bond motifs is 1. The van der Waals surface area contributed by atoms with E-state index >= 15 is 0 Å². The van der Waals surface area contributed by atoms with Crippen LogP contribution in [0.5, 0.6) is 0 Å². The number of hydrogen-bond donors (Lipinski definition) is 0. The van der Waals surface area contributed by atoms with Gasteiger partial charge in [-0.3, -0.25) is 24.1 Å². The zero-order valence-electron chi connectivity index (χ0n) is 12.9. The van der Waals surface area contributed by atoms with Gasteiger partial charge >= 0.3 is 5.97 Å². The van der Waals surface area contributed by atoms with Gasteiger partial charge in [0, 0.05) is 5.56 Å². The minimum Gasteiger partial charge on any atom is -0.456 e. The third-order valence-electron chi connectivity index (χ3n) is 3.70. The van der Waals surface area contributed by atoms with Gasteiger partial charge in [-0.1, -0.05) is 12.1 Å². The van der Waals surface area contributed by atoms with Gasteiger partial charge in [-0.05, 0) is 36.4 Å². The summed E-state index contributed by atoms with van der Waals surface area (Å²) < 4.78 is 17.7. The van der Waals surface area contributed by atoms with E-state index < -0.39 is 42.4 Å². The van der Waals surface area contributed by atoms with E-state index in [0.29, 0.717) is 5.69 Å². The quantitative estimate of drug-likeness (QED) is 0.470. The van der Waals surface area contributed by atoms with E-state index in [-0.39, 0.29) is 11.1 Å². The summed E-state index contributed by atoms with van der Waals surface area (Å²) in [6.45, 7) is -1.01. The summed E-state index contributed by atoms with van der Waals surface area (Å²) in [4.78, 5) is 48.6. The average molecular weight is 341 g/mol. The van der Waals surface area contributed by atoms with Crippen molar-refractivity contribution in [3.05, 3.63) is 65.5 Å². The fourth-order valence-corrected chi connectivity index (χ4v) is 2.45. The highest BCUT2D eigenvalue weighted by Gasteiger charge is 2.36. The zero-order chi connectivity index (χ0) is 18.0. The molecule has 0 saturated heterocycles. The maximum atomic E-state index is 12.8. The molecule has 1 heterocycles. The summed E-state index contributed by atoms with van der Waals surface area (Å²) in [6.07, 6.45) is 0. The topological polar surface area (TPSA) is 80.8 Å². The number of anilines is 1. The van der Waals surface area contributed by atoms with Crippen LogP contribution < -0.4 is 4.90 Å². The van der Waals surface area contributed by atoms with Crippen molar-refractivity contribution in [3.63, 3.8) is 0 Å². The lowest BCUT2D eigenvalue weighted by Crippen LogP contribution is -2.36. The molecule has 2 aromatic carbocycles. The summed E-state index contributed by atoms with van der Waals surface area (Å²) in [5, 5.41) is 0. The SMILES string of the molecule is O=C(CN1C(=O)C(=O)c2ccccc21)OCC(=O)c1ccc(F)cc1. The highest BCUT2D eigenvalue weighted by atomic mass is 19.1. The van der Waals surface area contributed by atoms with Gasteiger partial charge in [-0.15, -0.1) is 0 Å². The summed E-state index contributed by atoms with van der Waals surface area (Å²) in [5.74, 6) is -3.32. The van der Waals surface area contributed by atoms with Crippen LogP contribution in [0.4, 0.5) is 10.1 Å². The molecule has 0 bridgehead atoms. The Bertz CT molecular complexity index is 875. The molecule has 0 aliphatic carbocycles. The lowest BCUT2D eigenvalue weighted by atomic mass is 10.1. The van der Waals surface area contributed by atoms with E-state index in [9.17, 15) is 23.6 Å². The molecule has 0 spiro atoms. The first-order valence-corrected chi connectivity index (χ1v) is 7.37. The van der Waals surface area contributed by atoms with Gasteiger partial charge in [-0.25, -0.2) is 4.39 Å².